The lowest BCUT2D eigenvalue weighted by molar-refractivity contribution is 1.18. The van der Waals surface area contributed by atoms with Crippen molar-refractivity contribution in [1.82, 2.24) is 9.97 Å². The van der Waals surface area contributed by atoms with Gasteiger partial charge in [0.15, 0.2) is 5.65 Å². The van der Waals surface area contributed by atoms with Crippen LogP contribution in [0.25, 0.3) is 11.0 Å². The molecule has 0 radical (unpaired) electrons. The second kappa shape index (κ2) is 3.95. The Morgan fingerprint density at radius 1 is 1.13 bits per heavy atom. The van der Waals surface area contributed by atoms with Crippen LogP contribution in [0.1, 0.15) is 5.56 Å². The smallest absolute Gasteiger partial charge is 0.218 e. The number of pyridine rings is 2. The molecule has 0 N–H and O–H groups in total. The number of alkyl halides is 3. The molecule has 0 aliphatic heterocycles. The van der Waals surface area contributed by atoms with Gasteiger partial charge in [-0.25, -0.2) is 9.97 Å². The molecule has 0 spiro atoms. The molecule has 0 aliphatic carbocycles. The summed E-state index contributed by atoms with van der Waals surface area (Å²) in [5.74, 6) is 0. The second-order valence-electron chi connectivity index (χ2n) is 2.86. The Hall–Kier alpha value is -0.280. The Bertz CT molecular complexity index is 507. The first kappa shape index (κ1) is 11.2. The molecule has 0 bridgehead atoms. The average molecular weight is 282 g/mol. The van der Waals surface area contributed by atoms with Crippen molar-refractivity contribution in [3.63, 3.8) is 0 Å². The van der Waals surface area contributed by atoms with Crippen molar-refractivity contribution in [2.24, 2.45) is 0 Å². The minimum atomic E-state index is -1.58. The molecule has 0 unspecified atom stereocenters. The van der Waals surface area contributed by atoms with E-state index in [1.165, 1.54) is 6.20 Å². The average Bonchev–Trinajstić information content (AvgIpc) is 2.16. The molecule has 2 heterocycles. The second-order valence-corrected chi connectivity index (χ2v) is 5.52. The highest BCUT2D eigenvalue weighted by Gasteiger charge is 2.27. The highest BCUT2D eigenvalue weighted by atomic mass is 35.6. The van der Waals surface area contributed by atoms with Gasteiger partial charge in [-0.15, -0.1) is 0 Å². The minimum absolute atomic E-state index is 0.356. The van der Waals surface area contributed by atoms with Gasteiger partial charge in [-0.2, -0.15) is 0 Å². The van der Waals surface area contributed by atoms with E-state index >= 15 is 0 Å². The molecule has 78 valence electrons. The van der Waals surface area contributed by atoms with Crippen molar-refractivity contribution in [1.29, 1.82) is 0 Å². The number of nitrogens with zero attached hydrogens (tertiary/aromatic N) is 2. The first-order valence-corrected chi connectivity index (χ1v) is 5.48. The standard InChI is InChI=1S/C9H4Cl4N2/c10-7-5-2-1-3-14-8(5)15-4-6(7)9(11,12)13/h1-4H. The number of fused-ring (bicyclic) bond motifs is 1. The number of hydrogen-bond acceptors (Lipinski definition) is 2. The highest BCUT2D eigenvalue weighted by molar-refractivity contribution is 6.67. The summed E-state index contributed by atoms with van der Waals surface area (Å²) >= 11 is 23.3. The third kappa shape index (κ3) is 2.13. The van der Waals surface area contributed by atoms with Crippen molar-refractivity contribution in [3.8, 4) is 0 Å². The Balaban J connectivity index is 2.76. The topological polar surface area (TPSA) is 25.8 Å². The van der Waals surface area contributed by atoms with Crippen molar-refractivity contribution < 1.29 is 0 Å². The largest absolute Gasteiger partial charge is 0.237 e. The molecule has 0 saturated heterocycles. The van der Waals surface area contributed by atoms with Crippen LogP contribution in [-0.2, 0) is 3.79 Å². The first-order chi connectivity index (χ1) is 7.00. The maximum atomic E-state index is 6.09. The maximum Gasteiger partial charge on any atom is 0.218 e. The number of aromatic nitrogens is 2. The van der Waals surface area contributed by atoms with E-state index in [1.807, 2.05) is 0 Å². The molecular formula is C9H4Cl4N2. The summed E-state index contributed by atoms with van der Waals surface area (Å²) in [5.41, 5.74) is 0.884. The predicted octanol–water partition coefficient (Wildman–Crippen LogP) is 4.11. The summed E-state index contributed by atoms with van der Waals surface area (Å²) in [7, 11) is 0. The van der Waals surface area contributed by atoms with Crippen LogP contribution < -0.4 is 0 Å². The summed E-state index contributed by atoms with van der Waals surface area (Å²) < 4.78 is -1.58. The molecular weight excluding hydrogens is 278 g/mol. The van der Waals surface area contributed by atoms with Crippen molar-refractivity contribution >= 4 is 57.4 Å². The molecule has 2 aromatic heterocycles. The molecule has 6 heteroatoms. The minimum Gasteiger partial charge on any atom is -0.237 e. The van der Waals surface area contributed by atoms with Gasteiger partial charge >= 0.3 is 0 Å². The van der Waals surface area contributed by atoms with Gasteiger partial charge in [0, 0.05) is 23.3 Å². The maximum absolute atomic E-state index is 6.09. The summed E-state index contributed by atoms with van der Waals surface area (Å²) in [6.07, 6.45) is 3.05. The molecule has 0 aliphatic rings. The fraction of sp³-hybridized carbons (Fsp3) is 0.111. The van der Waals surface area contributed by atoms with Crippen molar-refractivity contribution in [2.45, 2.75) is 3.79 Å². The molecule has 0 atom stereocenters. The summed E-state index contributed by atoms with van der Waals surface area (Å²) in [5, 5.41) is 1.04. The van der Waals surface area contributed by atoms with Crippen LogP contribution in [0.5, 0.6) is 0 Å². The monoisotopic (exact) mass is 280 g/mol. The molecule has 0 saturated carbocycles. The van der Waals surface area contributed by atoms with E-state index in [2.05, 4.69) is 9.97 Å². The zero-order chi connectivity index (χ0) is 11.1. The van der Waals surface area contributed by atoms with Crippen LogP contribution in [0.3, 0.4) is 0 Å². The Kier molecular flexibility index (Phi) is 2.95. The Morgan fingerprint density at radius 2 is 1.87 bits per heavy atom. The normalized spacial score (nSPS) is 12.0. The first-order valence-electron chi connectivity index (χ1n) is 3.96. The van der Waals surface area contributed by atoms with Gasteiger partial charge in [0.1, 0.15) is 0 Å². The van der Waals surface area contributed by atoms with Gasteiger partial charge < -0.3 is 0 Å². The quantitative estimate of drug-likeness (QED) is 0.679. The predicted molar refractivity (Wildman–Crippen MR) is 63.8 cm³/mol. The Labute approximate surface area is 106 Å². The zero-order valence-corrected chi connectivity index (χ0v) is 10.2. The summed E-state index contributed by atoms with van der Waals surface area (Å²) in [6.45, 7) is 0. The van der Waals surface area contributed by atoms with E-state index in [-0.39, 0.29) is 0 Å². The SMILES string of the molecule is Clc1c(C(Cl)(Cl)Cl)cnc2ncccc12. The van der Waals surface area contributed by atoms with Gasteiger partial charge in [-0.1, -0.05) is 46.4 Å². The molecule has 0 fully saturated rings. The molecule has 0 amide bonds. The van der Waals surface area contributed by atoms with E-state index in [0.717, 1.165) is 0 Å². The van der Waals surface area contributed by atoms with Crippen LogP contribution in [0, 0.1) is 0 Å². The fourth-order valence-corrected chi connectivity index (χ4v) is 2.11. The fourth-order valence-electron chi connectivity index (χ4n) is 1.20. The van der Waals surface area contributed by atoms with E-state index in [4.69, 9.17) is 46.4 Å². The van der Waals surface area contributed by atoms with Crippen LogP contribution in [0.15, 0.2) is 24.5 Å². The molecule has 2 nitrogen and oxygen atoms in total. The van der Waals surface area contributed by atoms with Crippen LogP contribution in [0.2, 0.25) is 5.02 Å². The number of halogens is 4. The lowest BCUT2D eigenvalue weighted by Crippen LogP contribution is -2.02. The van der Waals surface area contributed by atoms with Gasteiger partial charge in [-0.05, 0) is 12.1 Å². The van der Waals surface area contributed by atoms with Crippen LogP contribution >= 0.6 is 46.4 Å². The van der Waals surface area contributed by atoms with E-state index in [1.54, 1.807) is 18.3 Å². The molecule has 15 heavy (non-hydrogen) atoms. The highest BCUT2D eigenvalue weighted by Crippen LogP contribution is 2.43. The molecule has 0 aromatic carbocycles. The van der Waals surface area contributed by atoms with Gasteiger partial charge in [0.05, 0.1) is 5.02 Å². The molecule has 2 rings (SSSR count). The summed E-state index contributed by atoms with van der Waals surface area (Å²) in [6, 6.07) is 3.52. The van der Waals surface area contributed by atoms with Crippen molar-refractivity contribution in [3.05, 3.63) is 35.1 Å². The lowest BCUT2D eigenvalue weighted by atomic mass is 10.2. The van der Waals surface area contributed by atoms with Crippen LogP contribution in [0.4, 0.5) is 0 Å². The number of rotatable bonds is 0. The zero-order valence-electron chi connectivity index (χ0n) is 7.22. The van der Waals surface area contributed by atoms with E-state index in [0.29, 0.717) is 21.6 Å². The molecule has 2 aromatic rings. The van der Waals surface area contributed by atoms with Gasteiger partial charge in [-0.3, -0.25) is 0 Å². The van der Waals surface area contributed by atoms with Gasteiger partial charge in [0.25, 0.3) is 0 Å². The Morgan fingerprint density at radius 3 is 2.53 bits per heavy atom. The van der Waals surface area contributed by atoms with Gasteiger partial charge in [0.2, 0.25) is 3.79 Å². The summed E-state index contributed by atoms with van der Waals surface area (Å²) in [4.78, 5) is 8.10. The van der Waals surface area contributed by atoms with Crippen molar-refractivity contribution in [2.75, 3.05) is 0 Å². The lowest BCUT2D eigenvalue weighted by Gasteiger charge is -2.13. The third-order valence-electron chi connectivity index (χ3n) is 1.88. The van der Waals surface area contributed by atoms with E-state index in [9.17, 15) is 0 Å². The van der Waals surface area contributed by atoms with E-state index < -0.39 is 3.79 Å². The third-order valence-corrected chi connectivity index (χ3v) is 2.90. The number of hydrogen-bond donors (Lipinski definition) is 0. The van der Waals surface area contributed by atoms with Crippen LogP contribution in [-0.4, -0.2) is 9.97 Å².